The van der Waals surface area contributed by atoms with E-state index in [2.05, 4.69) is 17.2 Å². The molecule has 1 aromatic heterocycles. The lowest BCUT2D eigenvalue weighted by Gasteiger charge is -2.10. The van der Waals surface area contributed by atoms with Gasteiger partial charge in [0.2, 0.25) is 5.88 Å². The molecule has 0 unspecified atom stereocenters. The Labute approximate surface area is 107 Å². The summed E-state index contributed by atoms with van der Waals surface area (Å²) in [6.07, 6.45) is 1.74. The summed E-state index contributed by atoms with van der Waals surface area (Å²) in [5.74, 6) is 1.50. The van der Waals surface area contributed by atoms with Gasteiger partial charge in [-0.05, 0) is 24.7 Å². The van der Waals surface area contributed by atoms with E-state index in [9.17, 15) is 0 Å². The van der Waals surface area contributed by atoms with E-state index < -0.39 is 0 Å². The molecule has 18 heavy (non-hydrogen) atoms. The maximum absolute atomic E-state index is 5.69. The van der Waals surface area contributed by atoms with Crippen molar-refractivity contribution in [3.8, 4) is 11.6 Å². The molecular weight excluding hydrogens is 228 g/mol. The molecule has 0 saturated heterocycles. The topological polar surface area (TPSA) is 43.4 Å². The van der Waals surface area contributed by atoms with Gasteiger partial charge in [-0.1, -0.05) is 13.0 Å². The fourth-order valence-electron chi connectivity index (χ4n) is 1.84. The quantitative estimate of drug-likeness (QED) is 0.794. The first-order chi connectivity index (χ1) is 8.86. The summed E-state index contributed by atoms with van der Waals surface area (Å²) in [6.45, 7) is 4.44. The molecule has 0 radical (unpaired) electrons. The highest BCUT2D eigenvalue weighted by atomic mass is 16.5. The lowest BCUT2D eigenvalue weighted by molar-refractivity contribution is 0.307. The first-order valence-corrected chi connectivity index (χ1v) is 6.12. The van der Waals surface area contributed by atoms with Gasteiger partial charge in [-0.3, -0.25) is 0 Å². The molecule has 0 bridgehead atoms. The molecule has 0 aliphatic heterocycles. The largest absolute Gasteiger partial charge is 0.496 e. The Balaban J connectivity index is 2.23. The second-order valence-electron chi connectivity index (χ2n) is 3.87. The van der Waals surface area contributed by atoms with Crippen LogP contribution in [0.4, 0.5) is 0 Å². The highest BCUT2D eigenvalue weighted by Gasteiger charge is 2.06. The predicted octanol–water partition coefficient (Wildman–Crippen LogP) is 2.23. The molecule has 96 valence electrons. The van der Waals surface area contributed by atoms with Crippen molar-refractivity contribution in [1.29, 1.82) is 0 Å². The van der Waals surface area contributed by atoms with Gasteiger partial charge in [-0.15, -0.1) is 0 Å². The number of methoxy groups -OCH3 is 1. The summed E-state index contributed by atoms with van der Waals surface area (Å²) in [5.41, 5.74) is 0. The van der Waals surface area contributed by atoms with Crippen LogP contribution >= 0.6 is 0 Å². The fraction of sp³-hybridized carbons (Fsp3) is 0.357. The average Bonchev–Trinajstić information content (AvgIpc) is 2.43. The van der Waals surface area contributed by atoms with Gasteiger partial charge in [0.05, 0.1) is 7.11 Å². The number of likely N-dealkylation sites (N-methyl/N-ethyl adjacent to an activating group) is 1. The summed E-state index contributed by atoms with van der Waals surface area (Å²) in [4.78, 5) is 4.27. The van der Waals surface area contributed by atoms with Crippen LogP contribution in [-0.4, -0.2) is 31.8 Å². The van der Waals surface area contributed by atoms with E-state index in [1.54, 1.807) is 13.3 Å². The van der Waals surface area contributed by atoms with Crippen LogP contribution in [0.1, 0.15) is 6.92 Å². The van der Waals surface area contributed by atoms with E-state index in [-0.39, 0.29) is 0 Å². The second-order valence-corrected chi connectivity index (χ2v) is 3.87. The van der Waals surface area contributed by atoms with Crippen LogP contribution in [0.15, 0.2) is 30.5 Å². The highest BCUT2D eigenvalue weighted by molar-refractivity contribution is 5.91. The van der Waals surface area contributed by atoms with Gasteiger partial charge in [0.15, 0.2) is 0 Å². The number of pyridine rings is 1. The van der Waals surface area contributed by atoms with Gasteiger partial charge < -0.3 is 14.8 Å². The molecule has 0 atom stereocenters. The Hall–Kier alpha value is -1.81. The minimum Gasteiger partial charge on any atom is -0.496 e. The van der Waals surface area contributed by atoms with Crippen molar-refractivity contribution in [3.63, 3.8) is 0 Å². The Bertz CT molecular complexity index is 514. The van der Waals surface area contributed by atoms with E-state index in [0.717, 1.165) is 29.6 Å². The number of fused-ring (bicyclic) bond motifs is 1. The molecule has 0 fully saturated rings. The minimum atomic E-state index is 0.608. The van der Waals surface area contributed by atoms with Crippen LogP contribution in [0.2, 0.25) is 0 Å². The first kappa shape index (κ1) is 12.6. The molecule has 2 aromatic rings. The van der Waals surface area contributed by atoms with E-state index in [4.69, 9.17) is 9.47 Å². The van der Waals surface area contributed by atoms with E-state index >= 15 is 0 Å². The van der Waals surface area contributed by atoms with E-state index in [0.29, 0.717) is 12.5 Å². The molecule has 0 aliphatic carbocycles. The number of nitrogens with zero attached hydrogens (tertiary/aromatic N) is 1. The standard InChI is InChI=1S/C14H18N2O2/c1-3-15-9-10-18-14-12-5-4-6-13(17-2)11(12)7-8-16-14/h4-8,15H,3,9-10H2,1-2H3. The van der Waals surface area contributed by atoms with Crippen molar-refractivity contribution in [3.05, 3.63) is 30.5 Å². The average molecular weight is 246 g/mol. The third-order valence-corrected chi connectivity index (χ3v) is 2.72. The number of hydrogen-bond acceptors (Lipinski definition) is 4. The van der Waals surface area contributed by atoms with Crippen molar-refractivity contribution in [2.75, 3.05) is 26.8 Å². The lowest BCUT2D eigenvalue weighted by atomic mass is 10.1. The van der Waals surface area contributed by atoms with Crippen molar-refractivity contribution in [1.82, 2.24) is 10.3 Å². The molecule has 1 N–H and O–H groups in total. The maximum Gasteiger partial charge on any atom is 0.221 e. The molecule has 1 aromatic carbocycles. The minimum absolute atomic E-state index is 0.608. The number of nitrogens with one attached hydrogen (secondary N) is 1. The van der Waals surface area contributed by atoms with Crippen molar-refractivity contribution < 1.29 is 9.47 Å². The van der Waals surface area contributed by atoms with Gasteiger partial charge >= 0.3 is 0 Å². The molecule has 0 saturated carbocycles. The normalized spacial score (nSPS) is 10.6. The number of rotatable bonds is 6. The second kappa shape index (κ2) is 6.21. The summed E-state index contributed by atoms with van der Waals surface area (Å²) < 4.78 is 11.0. The highest BCUT2D eigenvalue weighted by Crippen LogP contribution is 2.29. The van der Waals surface area contributed by atoms with Crippen LogP contribution in [0.5, 0.6) is 11.6 Å². The van der Waals surface area contributed by atoms with Crippen LogP contribution in [-0.2, 0) is 0 Å². The summed E-state index contributed by atoms with van der Waals surface area (Å²) in [6, 6.07) is 7.81. The Morgan fingerprint density at radius 3 is 2.89 bits per heavy atom. The Morgan fingerprint density at radius 2 is 2.11 bits per heavy atom. The van der Waals surface area contributed by atoms with Crippen molar-refractivity contribution in [2.45, 2.75) is 6.92 Å². The molecule has 0 amide bonds. The zero-order valence-corrected chi connectivity index (χ0v) is 10.8. The molecule has 0 spiro atoms. The predicted molar refractivity (Wildman–Crippen MR) is 72.3 cm³/mol. The number of benzene rings is 1. The van der Waals surface area contributed by atoms with Crippen molar-refractivity contribution in [2.24, 2.45) is 0 Å². The smallest absolute Gasteiger partial charge is 0.221 e. The van der Waals surface area contributed by atoms with Gasteiger partial charge in [-0.2, -0.15) is 0 Å². The van der Waals surface area contributed by atoms with Gasteiger partial charge in [0.25, 0.3) is 0 Å². The molecule has 0 aliphatic rings. The van der Waals surface area contributed by atoms with Crippen LogP contribution in [0, 0.1) is 0 Å². The molecule has 4 nitrogen and oxygen atoms in total. The molecule has 4 heteroatoms. The monoisotopic (exact) mass is 246 g/mol. The number of ether oxygens (including phenoxy) is 2. The molecule has 1 heterocycles. The van der Waals surface area contributed by atoms with Gasteiger partial charge in [0, 0.05) is 23.5 Å². The molecule has 2 rings (SSSR count). The summed E-state index contributed by atoms with van der Waals surface area (Å²) in [5, 5.41) is 5.21. The van der Waals surface area contributed by atoms with Crippen LogP contribution < -0.4 is 14.8 Å². The Morgan fingerprint density at radius 1 is 1.22 bits per heavy atom. The van der Waals surface area contributed by atoms with E-state index in [1.807, 2.05) is 24.3 Å². The zero-order valence-electron chi connectivity index (χ0n) is 10.8. The number of hydrogen-bond donors (Lipinski definition) is 1. The SMILES string of the molecule is CCNCCOc1nccc2c(OC)cccc12. The first-order valence-electron chi connectivity index (χ1n) is 6.12. The lowest BCUT2D eigenvalue weighted by Crippen LogP contribution is -2.20. The zero-order chi connectivity index (χ0) is 12.8. The third kappa shape index (κ3) is 2.71. The number of aromatic nitrogens is 1. The third-order valence-electron chi connectivity index (χ3n) is 2.72. The Kier molecular flexibility index (Phi) is 4.36. The van der Waals surface area contributed by atoms with Crippen molar-refractivity contribution >= 4 is 10.8 Å². The summed E-state index contributed by atoms with van der Waals surface area (Å²) >= 11 is 0. The molecular formula is C14H18N2O2. The van der Waals surface area contributed by atoms with Crippen LogP contribution in [0.3, 0.4) is 0 Å². The summed E-state index contributed by atoms with van der Waals surface area (Å²) in [7, 11) is 1.67. The fourth-order valence-corrected chi connectivity index (χ4v) is 1.84. The van der Waals surface area contributed by atoms with Gasteiger partial charge in [-0.25, -0.2) is 4.98 Å². The van der Waals surface area contributed by atoms with Gasteiger partial charge in [0.1, 0.15) is 12.4 Å². The van der Waals surface area contributed by atoms with E-state index in [1.165, 1.54) is 0 Å². The van der Waals surface area contributed by atoms with Crippen LogP contribution in [0.25, 0.3) is 10.8 Å². The maximum atomic E-state index is 5.69.